The Morgan fingerprint density at radius 1 is 1.53 bits per heavy atom. The number of hydrogen-bond donors (Lipinski definition) is 1. The van der Waals surface area contributed by atoms with Gasteiger partial charge in [0.15, 0.2) is 0 Å². The Balaban J connectivity index is 2.35. The molecule has 0 saturated carbocycles. The molecule has 1 aromatic heterocycles. The molecule has 0 radical (unpaired) electrons. The molecule has 0 spiro atoms. The number of nitrogens with zero attached hydrogens (tertiary/aromatic N) is 2. The molecule has 17 heavy (non-hydrogen) atoms. The Bertz CT molecular complexity index is 312. The van der Waals surface area contributed by atoms with Crippen molar-refractivity contribution in [2.24, 2.45) is 0 Å². The van der Waals surface area contributed by atoms with Crippen LogP contribution in [0.1, 0.15) is 26.5 Å². The maximum Gasteiger partial charge on any atom is 0.297 e. The zero-order chi connectivity index (χ0) is 12.7. The molecule has 0 aliphatic rings. The number of oxazole rings is 1. The van der Waals surface area contributed by atoms with E-state index in [1.165, 1.54) is 0 Å². The van der Waals surface area contributed by atoms with Gasteiger partial charge in [0.2, 0.25) is 0 Å². The number of anilines is 1. The van der Waals surface area contributed by atoms with Gasteiger partial charge in [-0.15, -0.1) is 0 Å². The Morgan fingerprint density at radius 3 is 2.94 bits per heavy atom. The van der Waals surface area contributed by atoms with Crippen molar-refractivity contribution in [1.29, 1.82) is 0 Å². The first-order valence-electron chi connectivity index (χ1n) is 6.11. The normalized spacial score (nSPS) is 11.1. The standard InChI is InChI=1S/C12H23N3O2/c1-5-13-8-11-9-17-12(14-11)15(4)6-7-16-10(2)3/h9-10,13H,5-8H2,1-4H3. The highest BCUT2D eigenvalue weighted by Gasteiger charge is 2.08. The number of ether oxygens (including phenoxy) is 1. The maximum atomic E-state index is 5.48. The summed E-state index contributed by atoms with van der Waals surface area (Å²) < 4.78 is 10.9. The summed E-state index contributed by atoms with van der Waals surface area (Å²) in [6, 6.07) is 0.644. The van der Waals surface area contributed by atoms with Crippen molar-refractivity contribution >= 4 is 6.01 Å². The minimum Gasteiger partial charge on any atom is -0.432 e. The lowest BCUT2D eigenvalue weighted by Gasteiger charge is -2.15. The van der Waals surface area contributed by atoms with Crippen LogP contribution < -0.4 is 10.2 Å². The van der Waals surface area contributed by atoms with Crippen molar-refractivity contribution in [3.05, 3.63) is 12.0 Å². The van der Waals surface area contributed by atoms with Crippen LogP contribution in [-0.2, 0) is 11.3 Å². The summed E-state index contributed by atoms with van der Waals surface area (Å²) in [5.74, 6) is 0. The fourth-order valence-electron chi connectivity index (χ4n) is 1.33. The van der Waals surface area contributed by atoms with E-state index < -0.39 is 0 Å². The lowest BCUT2D eigenvalue weighted by atomic mass is 10.5. The summed E-state index contributed by atoms with van der Waals surface area (Å²) in [5.41, 5.74) is 0.929. The summed E-state index contributed by atoms with van der Waals surface area (Å²) in [6.45, 7) is 9.25. The first-order chi connectivity index (χ1) is 8.13. The SMILES string of the molecule is CCNCc1coc(N(C)CCOC(C)C)n1. The Labute approximate surface area is 103 Å². The van der Waals surface area contributed by atoms with Gasteiger partial charge in [0.05, 0.1) is 18.4 Å². The second-order valence-corrected chi connectivity index (χ2v) is 4.24. The quantitative estimate of drug-likeness (QED) is 0.750. The summed E-state index contributed by atoms with van der Waals surface area (Å²) in [7, 11) is 1.95. The van der Waals surface area contributed by atoms with Gasteiger partial charge >= 0.3 is 0 Å². The fraction of sp³-hybridized carbons (Fsp3) is 0.750. The molecule has 1 N–H and O–H groups in total. The van der Waals surface area contributed by atoms with Crippen molar-refractivity contribution in [2.45, 2.75) is 33.4 Å². The van der Waals surface area contributed by atoms with Crippen LogP contribution in [0, 0.1) is 0 Å². The van der Waals surface area contributed by atoms with E-state index in [1.54, 1.807) is 6.26 Å². The molecule has 0 amide bonds. The molecule has 5 heteroatoms. The molecule has 0 atom stereocenters. The van der Waals surface area contributed by atoms with Crippen LogP contribution in [0.25, 0.3) is 0 Å². The van der Waals surface area contributed by atoms with E-state index in [-0.39, 0.29) is 6.10 Å². The summed E-state index contributed by atoms with van der Waals surface area (Å²) >= 11 is 0. The minimum atomic E-state index is 0.261. The maximum absolute atomic E-state index is 5.48. The van der Waals surface area contributed by atoms with E-state index in [4.69, 9.17) is 9.15 Å². The van der Waals surface area contributed by atoms with Gasteiger partial charge in [-0.05, 0) is 20.4 Å². The van der Waals surface area contributed by atoms with Gasteiger partial charge < -0.3 is 19.4 Å². The third-order valence-corrected chi connectivity index (χ3v) is 2.30. The van der Waals surface area contributed by atoms with E-state index in [0.717, 1.165) is 25.3 Å². The van der Waals surface area contributed by atoms with Crippen molar-refractivity contribution in [3.8, 4) is 0 Å². The highest BCUT2D eigenvalue weighted by molar-refractivity contribution is 5.24. The molecule has 0 aliphatic heterocycles. The Hall–Kier alpha value is -1.07. The number of nitrogens with one attached hydrogen (secondary N) is 1. The summed E-state index contributed by atoms with van der Waals surface area (Å²) in [6.07, 6.45) is 1.95. The molecule has 0 aromatic carbocycles. The predicted octanol–water partition coefficient (Wildman–Crippen LogP) is 1.65. The minimum absolute atomic E-state index is 0.261. The zero-order valence-corrected chi connectivity index (χ0v) is 11.2. The van der Waals surface area contributed by atoms with Crippen LogP contribution in [0.4, 0.5) is 6.01 Å². The smallest absolute Gasteiger partial charge is 0.297 e. The lowest BCUT2D eigenvalue weighted by molar-refractivity contribution is 0.0841. The topological polar surface area (TPSA) is 50.5 Å². The van der Waals surface area contributed by atoms with Crippen LogP contribution in [0.3, 0.4) is 0 Å². The summed E-state index contributed by atoms with van der Waals surface area (Å²) in [5, 5.41) is 3.21. The zero-order valence-electron chi connectivity index (χ0n) is 11.2. The molecule has 1 rings (SSSR count). The van der Waals surface area contributed by atoms with Gasteiger partial charge in [0.1, 0.15) is 6.26 Å². The molecule has 0 unspecified atom stereocenters. The third kappa shape index (κ3) is 5.19. The number of rotatable bonds is 8. The van der Waals surface area contributed by atoms with Crippen molar-refractivity contribution < 1.29 is 9.15 Å². The largest absolute Gasteiger partial charge is 0.432 e. The molecule has 1 aromatic rings. The Kier molecular flexibility index (Phi) is 6.00. The van der Waals surface area contributed by atoms with Gasteiger partial charge in [-0.2, -0.15) is 4.98 Å². The molecule has 1 heterocycles. The second kappa shape index (κ2) is 7.29. The fourth-order valence-corrected chi connectivity index (χ4v) is 1.33. The van der Waals surface area contributed by atoms with Crippen LogP contribution >= 0.6 is 0 Å². The van der Waals surface area contributed by atoms with Crippen LogP contribution in [0.5, 0.6) is 0 Å². The average molecular weight is 241 g/mol. The number of likely N-dealkylation sites (N-methyl/N-ethyl adjacent to an activating group) is 1. The van der Waals surface area contributed by atoms with Gasteiger partial charge in [-0.3, -0.25) is 0 Å². The van der Waals surface area contributed by atoms with Gasteiger partial charge in [-0.1, -0.05) is 6.92 Å². The Morgan fingerprint density at radius 2 is 2.29 bits per heavy atom. The molecule has 98 valence electrons. The van der Waals surface area contributed by atoms with Crippen molar-refractivity contribution in [2.75, 3.05) is 31.6 Å². The highest BCUT2D eigenvalue weighted by Crippen LogP contribution is 2.11. The molecule has 0 bridgehead atoms. The second-order valence-electron chi connectivity index (χ2n) is 4.24. The predicted molar refractivity (Wildman–Crippen MR) is 68.2 cm³/mol. The molecule has 0 saturated heterocycles. The number of hydrogen-bond acceptors (Lipinski definition) is 5. The first-order valence-corrected chi connectivity index (χ1v) is 6.11. The van der Waals surface area contributed by atoms with E-state index in [9.17, 15) is 0 Å². The third-order valence-electron chi connectivity index (χ3n) is 2.30. The van der Waals surface area contributed by atoms with Crippen LogP contribution in [0.15, 0.2) is 10.7 Å². The van der Waals surface area contributed by atoms with Gasteiger partial charge in [0.25, 0.3) is 6.01 Å². The summed E-state index contributed by atoms with van der Waals surface area (Å²) in [4.78, 5) is 6.34. The molecule has 0 fully saturated rings. The van der Waals surface area contributed by atoms with Gasteiger partial charge in [0, 0.05) is 20.1 Å². The molecular weight excluding hydrogens is 218 g/mol. The highest BCUT2D eigenvalue weighted by atomic mass is 16.5. The molecule has 0 aliphatic carbocycles. The number of aromatic nitrogens is 1. The van der Waals surface area contributed by atoms with E-state index in [2.05, 4.69) is 17.2 Å². The van der Waals surface area contributed by atoms with Crippen LogP contribution in [0.2, 0.25) is 0 Å². The van der Waals surface area contributed by atoms with Crippen molar-refractivity contribution in [3.63, 3.8) is 0 Å². The lowest BCUT2D eigenvalue weighted by Crippen LogP contribution is -2.24. The first kappa shape index (κ1) is 14.0. The van der Waals surface area contributed by atoms with E-state index in [1.807, 2.05) is 25.8 Å². The average Bonchev–Trinajstić information content (AvgIpc) is 2.74. The van der Waals surface area contributed by atoms with E-state index >= 15 is 0 Å². The molecule has 5 nitrogen and oxygen atoms in total. The van der Waals surface area contributed by atoms with Crippen LogP contribution in [-0.4, -0.2) is 37.8 Å². The van der Waals surface area contributed by atoms with Crippen molar-refractivity contribution in [1.82, 2.24) is 10.3 Å². The van der Waals surface area contributed by atoms with E-state index in [0.29, 0.717) is 12.6 Å². The molecular formula is C12H23N3O2. The monoisotopic (exact) mass is 241 g/mol. The van der Waals surface area contributed by atoms with Gasteiger partial charge in [-0.25, -0.2) is 0 Å².